The fraction of sp³-hybridized carbons (Fsp3) is 0.562. The van der Waals surface area contributed by atoms with E-state index in [0.29, 0.717) is 17.7 Å². The summed E-state index contributed by atoms with van der Waals surface area (Å²) in [5, 5.41) is 0. The molecule has 1 aromatic rings. The summed E-state index contributed by atoms with van der Waals surface area (Å²) in [5.41, 5.74) is 2.82. The Labute approximate surface area is 109 Å². The fourth-order valence-electron chi connectivity index (χ4n) is 2.94. The Bertz CT molecular complexity index is 444. The van der Waals surface area contributed by atoms with Crippen molar-refractivity contribution in [2.24, 2.45) is 11.8 Å². The number of likely N-dealkylation sites (tertiary alicyclic amines) is 1. The molecule has 0 N–H and O–H groups in total. The quantitative estimate of drug-likeness (QED) is 0.799. The molecule has 3 rings (SSSR count). The summed E-state index contributed by atoms with van der Waals surface area (Å²) < 4.78 is 0. The smallest absolute Gasteiger partial charge is 0.225 e. The highest BCUT2D eigenvalue weighted by atomic mass is 16.2. The molecule has 2 aliphatic rings. The minimum Gasteiger partial charge on any atom is -0.342 e. The average Bonchev–Trinajstić information content (AvgIpc) is 2.22. The predicted molar refractivity (Wildman–Crippen MR) is 72.3 cm³/mol. The third kappa shape index (κ3) is 2.16. The molecule has 1 saturated heterocycles. The van der Waals surface area contributed by atoms with Crippen molar-refractivity contribution < 1.29 is 4.79 Å². The second-order valence-corrected chi connectivity index (χ2v) is 5.87. The summed E-state index contributed by atoms with van der Waals surface area (Å²) in [4.78, 5) is 14.1. The van der Waals surface area contributed by atoms with Crippen LogP contribution in [-0.2, 0) is 11.2 Å². The van der Waals surface area contributed by atoms with Gasteiger partial charge < -0.3 is 4.90 Å². The number of rotatable bonds is 3. The van der Waals surface area contributed by atoms with Crippen LogP contribution in [0, 0.1) is 18.8 Å². The first-order valence-electron chi connectivity index (χ1n) is 7.07. The normalized spacial score (nSPS) is 20.4. The van der Waals surface area contributed by atoms with Gasteiger partial charge >= 0.3 is 0 Å². The maximum Gasteiger partial charge on any atom is 0.225 e. The van der Waals surface area contributed by atoms with Crippen LogP contribution in [0.15, 0.2) is 24.3 Å². The molecule has 96 valence electrons. The van der Waals surface area contributed by atoms with Crippen molar-refractivity contribution in [1.29, 1.82) is 0 Å². The number of carbonyl (C=O) groups is 1. The summed E-state index contributed by atoms with van der Waals surface area (Å²) in [6.45, 7) is 4.12. The van der Waals surface area contributed by atoms with Crippen LogP contribution in [0.5, 0.6) is 0 Å². The van der Waals surface area contributed by atoms with E-state index in [1.54, 1.807) is 0 Å². The van der Waals surface area contributed by atoms with Gasteiger partial charge in [-0.25, -0.2) is 0 Å². The number of aryl methyl sites for hydroxylation is 1. The van der Waals surface area contributed by atoms with Gasteiger partial charge in [-0.3, -0.25) is 4.79 Å². The highest BCUT2D eigenvalue weighted by Gasteiger charge is 2.36. The zero-order valence-electron chi connectivity index (χ0n) is 11.1. The van der Waals surface area contributed by atoms with Crippen LogP contribution in [-0.4, -0.2) is 23.9 Å². The van der Waals surface area contributed by atoms with Crippen molar-refractivity contribution in [1.82, 2.24) is 4.90 Å². The minimum atomic E-state index is 0.365. The lowest BCUT2D eigenvalue weighted by atomic mass is 9.82. The zero-order chi connectivity index (χ0) is 12.5. The van der Waals surface area contributed by atoms with Crippen LogP contribution >= 0.6 is 0 Å². The lowest BCUT2D eigenvalue weighted by molar-refractivity contribution is -0.144. The molecule has 1 amide bonds. The SMILES string of the molecule is Cc1ccccc1CC1CN(C(=O)C2CCC2)C1. The lowest BCUT2D eigenvalue weighted by Gasteiger charge is -2.43. The zero-order valence-corrected chi connectivity index (χ0v) is 11.1. The van der Waals surface area contributed by atoms with Gasteiger partial charge in [0, 0.05) is 19.0 Å². The standard InChI is InChI=1S/C16H21NO/c1-12-5-2-3-6-15(12)9-13-10-17(11-13)16(18)14-7-4-8-14/h2-3,5-6,13-14H,4,7-11H2,1H3. The van der Waals surface area contributed by atoms with Crippen LogP contribution in [0.3, 0.4) is 0 Å². The van der Waals surface area contributed by atoms with Crippen LogP contribution in [0.25, 0.3) is 0 Å². The largest absolute Gasteiger partial charge is 0.342 e. The molecule has 1 heterocycles. The van der Waals surface area contributed by atoms with Gasteiger partial charge in [-0.2, -0.15) is 0 Å². The van der Waals surface area contributed by atoms with Crippen LogP contribution in [0.2, 0.25) is 0 Å². The van der Waals surface area contributed by atoms with Crippen molar-refractivity contribution in [3.05, 3.63) is 35.4 Å². The van der Waals surface area contributed by atoms with E-state index in [1.165, 1.54) is 17.5 Å². The number of nitrogens with zero attached hydrogens (tertiary/aromatic N) is 1. The Hall–Kier alpha value is -1.31. The Kier molecular flexibility index (Phi) is 3.11. The predicted octanol–water partition coefficient (Wildman–Crippen LogP) is 2.80. The molecule has 1 aliphatic carbocycles. The molecule has 2 nitrogen and oxygen atoms in total. The van der Waals surface area contributed by atoms with Crippen LogP contribution in [0.1, 0.15) is 30.4 Å². The molecule has 2 heteroatoms. The molecular formula is C16H21NO. The van der Waals surface area contributed by atoms with E-state index in [-0.39, 0.29) is 0 Å². The van der Waals surface area contributed by atoms with E-state index in [1.807, 2.05) is 0 Å². The van der Waals surface area contributed by atoms with Gasteiger partial charge in [-0.05, 0) is 43.2 Å². The molecule has 1 aliphatic heterocycles. The van der Waals surface area contributed by atoms with E-state index in [9.17, 15) is 4.79 Å². The van der Waals surface area contributed by atoms with E-state index >= 15 is 0 Å². The average molecular weight is 243 g/mol. The number of benzene rings is 1. The van der Waals surface area contributed by atoms with Gasteiger partial charge in [0.25, 0.3) is 0 Å². The Balaban J connectivity index is 1.50. The number of hydrogen-bond acceptors (Lipinski definition) is 1. The molecule has 0 bridgehead atoms. The first-order valence-corrected chi connectivity index (χ1v) is 7.07. The third-order valence-corrected chi connectivity index (χ3v) is 4.49. The van der Waals surface area contributed by atoms with Gasteiger partial charge in [-0.15, -0.1) is 0 Å². The highest BCUT2D eigenvalue weighted by Crippen LogP contribution is 2.31. The van der Waals surface area contributed by atoms with Gasteiger partial charge in [0.2, 0.25) is 5.91 Å². The van der Waals surface area contributed by atoms with Crippen molar-refractivity contribution in [3.63, 3.8) is 0 Å². The van der Waals surface area contributed by atoms with Crippen molar-refractivity contribution in [2.75, 3.05) is 13.1 Å². The van der Waals surface area contributed by atoms with E-state index in [0.717, 1.165) is 32.4 Å². The summed E-state index contributed by atoms with van der Waals surface area (Å²) in [7, 11) is 0. The van der Waals surface area contributed by atoms with Gasteiger partial charge in [0.15, 0.2) is 0 Å². The molecule has 0 atom stereocenters. The summed E-state index contributed by atoms with van der Waals surface area (Å²) in [6.07, 6.45) is 4.62. The van der Waals surface area contributed by atoms with Gasteiger partial charge in [0.1, 0.15) is 0 Å². The molecule has 18 heavy (non-hydrogen) atoms. The second kappa shape index (κ2) is 4.75. The Morgan fingerprint density at radius 1 is 1.28 bits per heavy atom. The minimum absolute atomic E-state index is 0.365. The van der Waals surface area contributed by atoms with Crippen LogP contribution in [0.4, 0.5) is 0 Å². The molecule has 0 radical (unpaired) electrons. The van der Waals surface area contributed by atoms with Crippen molar-refractivity contribution in [2.45, 2.75) is 32.6 Å². The molecule has 1 saturated carbocycles. The fourth-order valence-corrected chi connectivity index (χ4v) is 2.94. The first-order chi connectivity index (χ1) is 8.74. The van der Waals surface area contributed by atoms with E-state index in [2.05, 4.69) is 36.1 Å². The maximum absolute atomic E-state index is 12.0. The van der Waals surface area contributed by atoms with E-state index in [4.69, 9.17) is 0 Å². The molecular weight excluding hydrogens is 222 g/mol. The highest BCUT2D eigenvalue weighted by molar-refractivity contribution is 5.80. The lowest BCUT2D eigenvalue weighted by Crippen LogP contribution is -2.53. The topological polar surface area (TPSA) is 20.3 Å². The molecule has 2 fully saturated rings. The first kappa shape index (κ1) is 11.8. The summed E-state index contributed by atoms with van der Waals surface area (Å²) in [6, 6.07) is 8.58. The molecule has 0 spiro atoms. The van der Waals surface area contributed by atoms with Crippen LogP contribution < -0.4 is 0 Å². The molecule has 0 aromatic heterocycles. The second-order valence-electron chi connectivity index (χ2n) is 5.87. The number of carbonyl (C=O) groups excluding carboxylic acids is 1. The van der Waals surface area contributed by atoms with E-state index < -0.39 is 0 Å². The van der Waals surface area contributed by atoms with Crippen molar-refractivity contribution in [3.8, 4) is 0 Å². The summed E-state index contributed by atoms with van der Waals surface area (Å²) in [5.74, 6) is 1.46. The number of amides is 1. The Morgan fingerprint density at radius 3 is 2.61 bits per heavy atom. The maximum atomic E-state index is 12.0. The van der Waals surface area contributed by atoms with Gasteiger partial charge in [0.05, 0.1) is 0 Å². The summed E-state index contributed by atoms with van der Waals surface area (Å²) >= 11 is 0. The van der Waals surface area contributed by atoms with Gasteiger partial charge in [-0.1, -0.05) is 30.7 Å². The number of hydrogen-bond donors (Lipinski definition) is 0. The molecule has 0 unspecified atom stereocenters. The third-order valence-electron chi connectivity index (χ3n) is 4.49. The van der Waals surface area contributed by atoms with Crippen molar-refractivity contribution >= 4 is 5.91 Å². The monoisotopic (exact) mass is 243 g/mol. The molecule has 1 aromatic carbocycles. The Morgan fingerprint density at radius 2 is 2.00 bits per heavy atom.